The third kappa shape index (κ3) is 4.19. The van der Waals surface area contributed by atoms with E-state index in [1.807, 2.05) is 78.9 Å². The fraction of sp³-hybridized carbons (Fsp3) is 0.148. The van der Waals surface area contributed by atoms with Crippen LogP contribution in [0.25, 0.3) is 22.0 Å². The molecule has 0 saturated heterocycles. The van der Waals surface area contributed by atoms with Gasteiger partial charge in [0.2, 0.25) is 5.91 Å². The molecule has 0 saturated carbocycles. The van der Waals surface area contributed by atoms with Gasteiger partial charge in [-0.25, -0.2) is 5.01 Å². The molecule has 0 unspecified atom stereocenters. The molecule has 0 spiro atoms. The first-order valence-electron chi connectivity index (χ1n) is 11.0. The maximum atomic E-state index is 13.5. The first kappa shape index (κ1) is 22.6. The highest BCUT2D eigenvalue weighted by atomic mass is 79.9. The fourth-order valence-corrected chi connectivity index (χ4v) is 4.99. The fourth-order valence-electron chi connectivity index (χ4n) is 4.47. The first-order valence-corrected chi connectivity index (χ1v) is 12.3. The topological polar surface area (TPSA) is 65.5 Å². The van der Waals surface area contributed by atoms with E-state index in [1.165, 1.54) is 5.01 Å². The molecule has 5 nitrogen and oxygen atoms in total. The molecule has 0 bridgehead atoms. The van der Waals surface area contributed by atoms with Crippen molar-refractivity contribution in [3.05, 3.63) is 105 Å². The lowest BCUT2D eigenvalue weighted by Gasteiger charge is -2.21. The van der Waals surface area contributed by atoms with Crippen LogP contribution in [0.4, 0.5) is 0 Å². The molecule has 1 atom stereocenters. The van der Waals surface area contributed by atoms with Gasteiger partial charge in [-0.3, -0.25) is 9.59 Å². The highest BCUT2D eigenvalue weighted by molar-refractivity contribution is 9.10. The van der Waals surface area contributed by atoms with Crippen LogP contribution in [0.15, 0.2) is 93.2 Å². The second kappa shape index (κ2) is 9.57. The minimum Gasteiger partial charge on any atom is -0.321 e. The normalized spacial score (nSPS) is 15.5. The molecule has 0 fully saturated rings. The third-order valence-electron chi connectivity index (χ3n) is 5.99. The molecule has 1 aromatic heterocycles. The highest BCUT2D eigenvalue weighted by Gasteiger charge is 2.35. The standard InChI is InChI=1S/C27H21BrClN3O2/c28-19-11-12-21-20(15-19)25(18-9-5-2-6-10-18)26(27(34)30-21)22-16-23(17-7-3-1-4-8-17)32(31-22)24(33)13-14-29/h1-12,15,23H,13-14,16H2,(H,30,34)/t23-/m1/s1. The highest BCUT2D eigenvalue weighted by Crippen LogP contribution is 2.37. The smallest absolute Gasteiger partial charge is 0.258 e. The van der Waals surface area contributed by atoms with E-state index in [0.29, 0.717) is 17.7 Å². The van der Waals surface area contributed by atoms with Crippen molar-refractivity contribution in [2.24, 2.45) is 5.10 Å². The minimum atomic E-state index is -0.298. The molecule has 0 radical (unpaired) electrons. The Bertz CT molecular complexity index is 1450. The van der Waals surface area contributed by atoms with Crippen LogP contribution < -0.4 is 5.56 Å². The lowest BCUT2D eigenvalue weighted by molar-refractivity contribution is -0.132. The molecular formula is C27H21BrClN3O2. The van der Waals surface area contributed by atoms with E-state index < -0.39 is 0 Å². The molecule has 1 aliphatic heterocycles. The van der Waals surface area contributed by atoms with Gasteiger partial charge in [0.25, 0.3) is 5.56 Å². The van der Waals surface area contributed by atoms with Gasteiger partial charge in [-0.1, -0.05) is 76.6 Å². The number of alkyl halides is 1. The van der Waals surface area contributed by atoms with E-state index in [4.69, 9.17) is 16.7 Å². The van der Waals surface area contributed by atoms with Crippen LogP contribution in [-0.2, 0) is 4.79 Å². The molecule has 1 amide bonds. The molecule has 1 N–H and O–H groups in total. The zero-order valence-corrected chi connectivity index (χ0v) is 20.5. The number of amides is 1. The van der Waals surface area contributed by atoms with Gasteiger partial charge in [0.1, 0.15) is 0 Å². The first-order chi connectivity index (χ1) is 16.6. The lowest BCUT2D eigenvalue weighted by atomic mass is 9.91. The Morgan fingerprint density at radius 3 is 2.44 bits per heavy atom. The molecule has 34 heavy (non-hydrogen) atoms. The number of pyridine rings is 1. The van der Waals surface area contributed by atoms with E-state index >= 15 is 0 Å². The third-order valence-corrected chi connectivity index (χ3v) is 6.67. The average Bonchev–Trinajstić information content (AvgIpc) is 3.30. The van der Waals surface area contributed by atoms with Gasteiger partial charge in [0.05, 0.1) is 17.3 Å². The van der Waals surface area contributed by atoms with E-state index in [-0.39, 0.29) is 29.8 Å². The summed E-state index contributed by atoms with van der Waals surface area (Å²) in [4.78, 5) is 29.4. The summed E-state index contributed by atoms with van der Waals surface area (Å²) >= 11 is 9.44. The van der Waals surface area contributed by atoms with Gasteiger partial charge in [-0.05, 0) is 29.3 Å². The number of nitrogens with one attached hydrogen (secondary N) is 1. The summed E-state index contributed by atoms with van der Waals surface area (Å²) in [5.41, 5.74) is 4.26. The Labute approximate surface area is 210 Å². The number of carbonyl (C=O) groups is 1. The number of aromatic amines is 1. The minimum absolute atomic E-state index is 0.167. The maximum Gasteiger partial charge on any atom is 0.258 e. The van der Waals surface area contributed by atoms with Gasteiger partial charge in [0.15, 0.2) is 0 Å². The summed E-state index contributed by atoms with van der Waals surface area (Å²) in [6.45, 7) is 0. The summed E-state index contributed by atoms with van der Waals surface area (Å²) in [6.07, 6.45) is 0.606. The van der Waals surface area contributed by atoms with Crippen molar-refractivity contribution in [1.29, 1.82) is 0 Å². The molecule has 5 rings (SSSR count). The number of aromatic nitrogens is 1. The number of hydrogen-bond acceptors (Lipinski definition) is 3. The molecular weight excluding hydrogens is 514 g/mol. The Hall–Kier alpha value is -3.22. The molecule has 0 aliphatic carbocycles. The van der Waals surface area contributed by atoms with Crippen LogP contribution in [0.5, 0.6) is 0 Å². The van der Waals surface area contributed by atoms with Crippen LogP contribution in [0, 0.1) is 0 Å². The van der Waals surface area contributed by atoms with Crippen molar-refractivity contribution in [1.82, 2.24) is 9.99 Å². The molecule has 2 heterocycles. The summed E-state index contributed by atoms with van der Waals surface area (Å²) < 4.78 is 0.907. The van der Waals surface area contributed by atoms with E-state index in [1.54, 1.807) is 0 Å². The van der Waals surface area contributed by atoms with E-state index in [2.05, 4.69) is 20.9 Å². The number of carbonyl (C=O) groups excluding carboxylic acids is 1. The van der Waals surface area contributed by atoms with Crippen molar-refractivity contribution in [3.63, 3.8) is 0 Å². The number of H-pyrrole nitrogens is 1. The van der Waals surface area contributed by atoms with Crippen LogP contribution in [-0.4, -0.2) is 27.5 Å². The maximum absolute atomic E-state index is 13.5. The van der Waals surface area contributed by atoms with Gasteiger partial charge >= 0.3 is 0 Å². The molecule has 170 valence electrons. The second-order valence-corrected chi connectivity index (χ2v) is 9.41. The van der Waals surface area contributed by atoms with Crippen molar-refractivity contribution in [2.45, 2.75) is 18.9 Å². The van der Waals surface area contributed by atoms with Crippen molar-refractivity contribution in [3.8, 4) is 11.1 Å². The van der Waals surface area contributed by atoms with Crippen molar-refractivity contribution < 1.29 is 4.79 Å². The van der Waals surface area contributed by atoms with E-state index in [0.717, 1.165) is 32.1 Å². The zero-order chi connectivity index (χ0) is 23.7. The SMILES string of the molecule is O=C(CCCl)N1N=C(c2c(-c3ccccc3)c3cc(Br)ccc3[nH]c2=O)C[C@@H]1c1ccccc1. The summed E-state index contributed by atoms with van der Waals surface area (Å²) in [5.74, 6) is 0.0433. The van der Waals surface area contributed by atoms with Gasteiger partial charge in [0, 0.05) is 39.7 Å². The van der Waals surface area contributed by atoms with Gasteiger partial charge in [-0.15, -0.1) is 11.6 Å². The molecule has 7 heteroatoms. The Morgan fingerprint density at radius 1 is 1.03 bits per heavy atom. The molecule has 4 aromatic rings. The summed E-state index contributed by atoms with van der Waals surface area (Å²) in [5, 5.41) is 7.12. The molecule has 3 aromatic carbocycles. The predicted octanol–water partition coefficient (Wildman–Crippen LogP) is 6.26. The quantitative estimate of drug-likeness (QED) is 0.307. The number of rotatable bonds is 5. The lowest BCUT2D eigenvalue weighted by Crippen LogP contribution is -2.27. The van der Waals surface area contributed by atoms with Gasteiger partial charge < -0.3 is 4.98 Å². The predicted molar refractivity (Wildman–Crippen MR) is 140 cm³/mol. The van der Waals surface area contributed by atoms with Gasteiger partial charge in [-0.2, -0.15) is 5.10 Å². The summed E-state index contributed by atoms with van der Waals surface area (Å²) in [7, 11) is 0. The Kier molecular flexibility index (Phi) is 6.35. The van der Waals surface area contributed by atoms with E-state index in [9.17, 15) is 9.59 Å². The van der Waals surface area contributed by atoms with Crippen LogP contribution in [0.2, 0.25) is 0 Å². The average molecular weight is 535 g/mol. The number of fused-ring (bicyclic) bond motifs is 1. The van der Waals surface area contributed by atoms with Crippen LogP contribution in [0.3, 0.4) is 0 Å². The number of hydrazone groups is 1. The monoisotopic (exact) mass is 533 g/mol. The van der Waals surface area contributed by atoms with Crippen LogP contribution in [0.1, 0.15) is 30.0 Å². The number of halogens is 2. The van der Waals surface area contributed by atoms with Crippen LogP contribution >= 0.6 is 27.5 Å². The Morgan fingerprint density at radius 2 is 1.74 bits per heavy atom. The summed E-state index contributed by atoms with van der Waals surface area (Å²) in [6, 6.07) is 25.1. The largest absolute Gasteiger partial charge is 0.321 e. The zero-order valence-electron chi connectivity index (χ0n) is 18.2. The van der Waals surface area contributed by atoms with Crippen molar-refractivity contribution >= 4 is 50.1 Å². The molecule has 1 aliphatic rings. The Balaban J connectivity index is 1.74. The number of hydrogen-bond donors (Lipinski definition) is 1. The second-order valence-electron chi connectivity index (χ2n) is 8.11. The number of nitrogens with zero attached hydrogens (tertiary/aromatic N) is 2. The number of benzene rings is 3. The van der Waals surface area contributed by atoms with Crippen molar-refractivity contribution in [2.75, 3.05) is 5.88 Å².